The zero-order valence-corrected chi connectivity index (χ0v) is 18.6. The predicted octanol–water partition coefficient (Wildman–Crippen LogP) is 3.22. The molecule has 0 atom stereocenters. The smallest absolute Gasteiger partial charge is 0.410 e. The topological polar surface area (TPSA) is 115 Å². The van der Waals surface area contributed by atoms with E-state index < -0.39 is 5.82 Å². The molecule has 5 rings (SSSR count). The summed E-state index contributed by atoms with van der Waals surface area (Å²) < 4.78 is 23.1. The van der Waals surface area contributed by atoms with E-state index in [1.807, 2.05) is 30.5 Å². The van der Waals surface area contributed by atoms with Gasteiger partial charge in [-0.3, -0.25) is 4.40 Å². The van der Waals surface area contributed by atoms with Gasteiger partial charge < -0.3 is 15.0 Å². The first kappa shape index (κ1) is 21.5. The monoisotopic (exact) mass is 463 g/mol. The van der Waals surface area contributed by atoms with Gasteiger partial charge in [0.25, 0.3) is 0 Å². The lowest BCUT2D eigenvalue weighted by Crippen LogP contribution is -2.36. The molecule has 1 amide bonds. The lowest BCUT2D eigenvalue weighted by Gasteiger charge is -2.26. The van der Waals surface area contributed by atoms with Crippen LogP contribution in [0.15, 0.2) is 49.2 Å². The summed E-state index contributed by atoms with van der Waals surface area (Å²) in [6, 6.07) is 4.64. The van der Waals surface area contributed by atoms with Gasteiger partial charge in [0, 0.05) is 31.2 Å². The predicted molar refractivity (Wildman–Crippen MR) is 121 cm³/mol. The molecule has 174 valence electrons. The van der Waals surface area contributed by atoms with E-state index in [4.69, 9.17) is 4.74 Å². The van der Waals surface area contributed by atoms with E-state index in [0.717, 1.165) is 11.3 Å². The van der Waals surface area contributed by atoms with Crippen LogP contribution < -0.4 is 5.32 Å². The zero-order valence-electron chi connectivity index (χ0n) is 18.6. The first-order valence-electron chi connectivity index (χ1n) is 10.8. The molecular weight excluding hydrogens is 441 g/mol. The number of ether oxygens (including phenoxy) is 1. The third kappa shape index (κ3) is 4.17. The molecule has 0 saturated carbocycles. The number of aromatic nitrogens is 7. The first-order chi connectivity index (χ1) is 16.5. The highest BCUT2D eigenvalue weighted by molar-refractivity contribution is 5.76. The quantitative estimate of drug-likeness (QED) is 0.480. The Bertz CT molecular complexity index is 1360. The van der Waals surface area contributed by atoms with Gasteiger partial charge in [-0.15, -0.1) is 5.10 Å². The minimum absolute atomic E-state index is 0.153. The minimum atomic E-state index is -0.485. The van der Waals surface area contributed by atoms with Crippen molar-refractivity contribution < 1.29 is 13.9 Å². The summed E-state index contributed by atoms with van der Waals surface area (Å²) in [7, 11) is 0. The Morgan fingerprint density at radius 1 is 1.26 bits per heavy atom. The Balaban J connectivity index is 1.37. The molecule has 0 bridgehead atoms. The van der Waals surface area contributed by atoms with Gasteiger partial charge in [-0.1, -0.05) is 6.08 Å². The van der Waals surface area contributed by atoms with E-state index in [0.29, 0.717) is 36.7 Å². The lowest BCUT2D eigenvalue weighted by molar-refractivity contribution is 0.0799. The van der Waals surface area contributed by atoms with Crippen LogP contribution in [0.25, 0.3) is 16.9 Å². The standard InChI is InChI=1S/C22H22FN9O2/c1-14(2)34-22(33)30-8-5-15(6-9-30)19-12-25-21-20(24-7-10-31(19)21)27-16-3-4-18(17(23)11-16)32-13-26-28-29-32/h3-5,7,10-14H,6,8-9H2,1-2H3,(H,24,27). The highest BCUT2D eigenvalue weighted by Gasteiger charge is 2.22. The fourth-order valence-electron chi connectivity index (χ4n) is 3.77. The van der Waals surface area contributed by atoms with Crippen LogP contribution in [0.5, 0.6) is 0 Å². The van der Waals surface area contributed by atoms with Crippen molar-refractivity contribution in [3.05, 3.63) is 60.7 Å². The summed E-state index contributed by atoms with van der Waals surface area (Å²) in [5, 5.41) is 13.9. The minimum Gasteiger partial charge on any atom is -0.447 e. The van der Waals surface area contributed by atoms with Crippen molar-refractivity contribution in [1.29, 1.82) is 0 Å². The van der Waals surface area contributed by atoms with E-state index in [2.05, 4.69) is 30.8 Å². The lowest BCUT2D eigenvalue weighted by atomic mass is 10.1. The third-order valence-corrected chi connectivity index (χ3v) is 5.37. The molecule has 12 heteroatoms. The number of carbonyl (C=O) groups is 1. The first-order valence-corrected chi connectivity index (χ1v) is 10.8. The molecule has 0 radical (unpaired) electrons. The van der Waals surface area contributed by atoms with Crippen molar-refractivity contribution in [3.8, 4) is 5.69 Å². The Morgan fingerprint density at radius 2 is 2.15 bits per heavy atom. The molecule has 3 aromatic heterocycles. The second-order valence-corrected chi connectivity index (χ2v) is 8.02. The van der Waals surface area contributed by atoms with E-state index >= 15 is 0 Å². The number of hydrogen-bond acceptors (Lipinski definition) is 8. The Morgan fingerprint density at radius 3 is 2.85 bits per heavy atom. The van der Waals surface area contributed by atoms with Gasteiger partial charge >= 0.3 is 6.09 Å². The highest BCUT2D eigenvalue weighted by Crippen LogP contribution is 2.27. The average molecular weight is 463 g/mol. The number of nitrogens with zero attached hydrogens (tertiary/aromatic N) is 8. The molecule has 1 aromatic carbocycles. The normalized spacial score (nSPS) is 13.9. The van der Waals surface area contributed by atoms with Crippen molar-refractivity contribution in [2.24, 2.45) is 0 Å². The molecule has 34 heavy (non-hydrogen) atoms. The van der Waals surface area contributed by atoms with Gasteiger partial charge in [-0.25, -0.2) is 19.2 Å². The van der Waals surface area contributed by atoms with Gasteiger partial charge in [-0.2, -0.15) is 4.68 Å². The van der Waals surface area contributed by atoms with Gasteiger partial charge in [0.15, 0.2) is 17.3 Å². The highest BCUT2D eigenvalue weighted by atomic mass is 19.1. The van der Waals surface area contributed by atoms with Gasteiger partial charge in [-0.05, 0) is 54.5 Å². The maximum Gasteiger partial charge on any atom is 0.410 e. The van der Waals surface area contributed by atoms with E-state index in [9.17, 15) is 9.18 Å². The summed E-state index contributed by atoms with van der Waals surface area (Å²) >= 11 is 0. The number of amides is 1. The van der Waals surface area contributed by atoms with Crippen LogP contribution in [0, 0.1) is 5.82 Å². The molecule has 0 unspecified atom stereocenters. The fraction of sp³-hybridized carbons (Fsp3) is 0.273. The zero-order chi connectivity index (χ0) is 23.7. The van der Waals surface area contributed by atoms with Crippen molar-refractivity contribution in [1.82, 2.24) is 39.5 Å². The van der Waals surface area contributed by atoms with Gasteiger partial charge in [0.05, 0.1) is 18.0 Å². The number of benzene rings is 1. The number of hydrogen-bond donors (Lipinski definition) is 1. The summed E-state index contributed by atoms with van der Waals surface area (Å²) in [5.41, 5.74) is 3.34. The van der Waals surface area contributed by atoms with Crippen LogP contribution in [0.3, 0.4) is 0 Å². The van der Waals surface area contributed by atoms with Gasteiger partial charge in [0.1, 0.15) is 12.0 Å². The number of halogens is 1. The summed E-state index contributed by atoms with van der Waals surface area (Å²) in [5.74, 6) is 0.00283. The molecule has 0 fully saturated rings. The second-order valence-electron chi connectivity index (χ2n) is 8.02. The number of anilines is 2. The number of carbonyl (C=O) groups excluding carboxylic acids is 1. The maximum atomic E-state index is 14.6. The molecular formula is C22H22FN9O2. The summed E-state index contributed by atoms with van der Waals surface area (Å²) in [4.78, 5) is 22.7. The number of nitrogens with one attached hydrogen (secondary N) is 1. The third-order valence-electron chi connectivity index (χ3n) is 5.37. The van der Waals surface area contributed by atoms with Crippen LogP contribution in [-0.2, 0) is 4.74 Å². The number of rotatable bonds is 5. The van der Waals surface area contributed by atoms with Crippen LogP contribution in [0.2, 0.25) is 0 Å². The van der Waals surface area contributed by atoms with Crippen LogP contribution in [0.1, 0.15) is 26.0 Å². The molecule has 4 aromatic rings. The second kappa shape index (κ2) is 8.89. The van der Waals surface area contributed by atoms with Crippen molar-refractivity contribution >= 4 is 28.8 Å². The fourth-order valence-corrected chi connectivity index (χ4v) is 3.77. The van der Waals surface area contributed by atoms with Crippen molar-refractivity contribution in [2.45, 2.75) is 26.4 Å². The molecule has 1 aliphatic rings. The molecule has 4 heterocycles. The maximum absolute atomic E-state index is 14.6. The summed E-state index contributed by atoms with van der Waals surface area (Å²) in [6.45, 7) is 4.70. The number of tetrazole rings is 1. The Hall–Kier alpha value is -4.35. The van der Waals surface area contributed by atoms with E-state index in [-0.39, 0.29) is 17.9 Å². The van der Waals surface area contributed by atoms with Gasteiger partial charge in [0.2, 0.25) is 0 Å². The van der Waals surface area contributed by atoms with Crippen LogP contribution >= 0.6 is 0 Å². The van der Waals surface area contributed by atoms with E-state index in [1.165, 1.54) is 17.1 Å². The molecule has 0 saturated heterocycles. The number of fused-ring (bicyclic) bond motifs is 1. The molecule has 0 aliphatic carbocycles. The molecule has 0 spiro atoms. The van der Waals surface area contributed by atoms with Crippen LogP contribution in [0.4, 0.5) is 20.7 Å². The van der Waals surface area contributed by atoms with Crippen molar-refractivity contribution in [2.75, 3.05) is 18.4 Å². The SMILES string of the molecule is CC(C)OC(=O)N1CC=C(c2cnc3c(Nc4ccc(-n5cnnn5)c(F)c4)nccn23)CC1. The molecule has 1 aliphatic heterocycles. The number of imidazole rings is 1. The summed E-state index contributed by atoms with van der Waals surface area (Å²) in [6.07, 6.45) is 8.80. The largest absolute Gasteiger partial charge is 0.447 e. The van der Waals surface area contributed by atoms with Crippen LogP contribution in [-0.4, -0.2) is 64.8 Å². The Kier molecular flexibility index (Phi) is 5.62. The van der Waals surface area contributed by atoms with Crippen molar-refractivity contribution in [3.63, 3.8) is 0 Å². The average Bonchev–Trinajstić information content (AvgIpc) is 3.50. The molecule has 11 nitrogen and oxygen atoms in total. The van der Waals surface area contributed by atoms with E-state index in [1.54, 1.807) is 29.4 Å². The Labute approximate surface area is 193 Å². The molecule has 1 N–H and O–H groups in total.